The van der Waals surface area contributed by atoms with Crippen molar-refractivity contribution in [2.24, 2.45) is 4.99 Å². The summed E-state index contributed by atoms with van der Waals surface area (Å²) in [6, 6.07) is 12.3. The van der Waals surface area contributed by atoms with E-state index in [2.05, 4.69) is 20.5 Å². The second-order valence-corrected chi connectivity index (χ2v) is 5.56. The van der Waals surface area contributed by atoms with E-state index in [-0.39, 0.29) is 5.75 Å². The van der Waals surface area contributed by atoms with E-state index in [9.17, 15) is 5.11 Å². The van der Waals surface area contributed by atoms with Crippen molar-refractivity contribution >= 4 is 28.5 Å². The Morgan fingerprint density at radius 2 is 1.88 bits per heavy atom. The lowest BCUT2D eigenvalue weighted by Gasteiger charge is -2.10. The largest absolute Gasteiger partial charge is 0.508 e. The molecule has 1 N–H and O–H groups in total. The molecular formula is C18H15N5O3. The molecule has 2 heterocycles. The van der Waals surface area contributed by atoms with Gasteiger partial charge in [0.25, 0.3) is 0 Å². The van der Waals surface area contributed by atoms with Crippen LogP contribution in [0.4, 0.5) is 5.69 Å². The molecule has 0 aliphatic rings. The third kappa shape index (κ3) is 2.67. The normalized spacial score (nSPS) is 11.5. The average Bonchev–Trinajstić information content (AvgIpc) is 3.15. The van der Waals surface area contributed by atoms with Gasteiger partial charge >= 0.3 is 0 Å². The smallest absolute Gasteiger partial charge is 0.188 e. The summed E-state index contributed by atoms with van der Waals surface area (Å²) in [5.41, 5.74) is 2.71. The number of phenolic OH excluding ortho intramolecular Hbond substituents is 1. The third-order valence-electron chi connectivity index (χ3n) is 3.98. The van der Waals surface area contributed by atoms with Crippen molar-refractivity contribution in [3.8, 4) is 17.2 Å². The van der Waals surface area contributed by atoms with E-state index in [0.29, 0.717) is 22.8 Å². The van der Waals surface area contributed by atoms with Gasteiger partial charge in [-0.3, -0.25) is 4.99 Å². The van der Waals surface area contributed by atoms with Gasteiger partial charge < -0.3 is 14.6 Å². The summed E-state index contributed by atoms with van der Waals surface area (Å²) in [6.07, 6.45) is 1.66. The SMILES string of the molecule is COc1cc2cc(C=Nc3cccc(O)c3)c3nnnn3c2cc1OC. The second-order valence-electron chi connectivity index (χ2n) is 5.56. The van der Waals surface area contributed by atoms with Gasteiger partial charge in [-0.25, -0.2) is 0 Å². The zero-order chi connectivity index (χ0) is 18.1. The monoisotopic (exact) mass is 349 g/mol. The maximum Gasteiger partial charge on any atom is 0.188 e. The standard InChI is InChI=1S/C18H15N5O3/c1-25-16-7-11-6-12(10-19-13-4-3-5-14(24)8-13)18-20-21-22-23(18)15(11)9-17(16)26-2/h3-10,24H,1-2H3. The number of fused-ring (bicyclic) bond motifs is 3. The Labute approximate surface area is 148 Å². The van der Waals surface area contributed by atoms with Gasteiger partial charge in [0.15, 0.2) is 17.1 Å². The number of aromatic hydroxyl groups is 1. The van der Waals surface area contributed by atoms with Crippen LogP contribution < -0.4 is 9.47 Å². The van der Waals surface area contributed by atoms with Crippen molar-refractivity contribution in [2.45, 2.75) is 0 Å². The first-order valence-corrected chi connectivity index (χ1v) is 7.79. The molecule has 8 heteroatoms. The molecule has 0 spiro atoms. The molecule has 0 unspecified atom stereocenters. The minimum absolute atomic E-state index is 0.157. The molecule has 8 nitrogen and oxygen atoms in total. The highest BCUT2D eigenvalue weighted by atomic mass is 16.5. The number of hydrogen-bond acceptors (Lipinski definition) is 7. The van der Waals surface area contributed by atoms with Crippen LogP contribution >= 0.6 is 0 Å². The minimum atomic E-state index is 0.157. The van der Waals surface area contributed by atoms with E-state index in [4.69, 9.17) is 9.47 Å². The lowest BCUT2D eigenvalue weighted by atomic mass is 10.1. The zero-order valence-corrected chi connectivity index (χ0v) is 14.1. The van der Waals surface area contributed by atoms with Crippen molar-refractivity contribution in [1.82, 2.24) is 20.0 Å². The fourth-order valence-corrected chi connectivity index (χ4v) is 2.76. The van der Waals surface area contributed by atoms with Crippen LogP contribution in [0, 0.1) is 0 Å². The summed E-state index contributed by atoms with van der Waals surface area (Å²) in [6.45, 7) is 0. The van der Waals surface area contributed by atoms with Crippen LogP contribution in [0.3, 0.4) is 0 Å². The highest BCUT2D eigenvalue weighted by molar-refractivity contribution is 5.96. The molecule has 0 aliphatic heterocycles. The number of nitrogens with zero attached hydrogens (tertiary/aromatic N) is 5. The predicted molar refractivity (Wildman–Crippen MR) is 96.8 cm³/mol. The first kappa shape index (κ1) is 15.8. The summed E-state index contributed by atoms with van der Waals surface area (Å²) in [4.78, 5) is 4.40. The molecule has 4 aromatic rings. The first-order chi connectivity index (χ1) is 12.7. The molecule has 0 radical (unpaired) electrons. The number of benzene rings is 2. The van der Waals surface area contributed by atoms with Gasteiger partial charge in [-0.2, -0.15) is 4.52 Å². The van der Waals surface area contributed by atoms with Crippen LogP contribution in [0.15, 0.2) is 47.5 Å². The molecule has 26 heavy (non-hydrogen) atoms. The Kier molecular flexibility index (Phi) is 3.85. The predicted octanol–water partition coefficient (Wildman–Crippen LogP) is 2.75. The molecule has 0 fully saturated rings. The van der Waals surface area contributed by atoms with Gasteiger partial charge in [0, 0.05) is 29.3 Å². The summed E-state index contributed by atoms with van der Waals surface area (Å²) >= 11 is 0. The summed E-state index contributed by atoms with van der Waals surface area (Å²) in [5, 5.41) is 22.4. The molecular weight excluding hydrogens is 334 g/mol. The van der Waals surface area contributed by atoms with E-state index in [1.807, 2.05) is 18.2 Å². The fourth-order valence-electron chi connectivity index (χ4n) is 2.76. The molecule has 2 aromatic heterocycles. The quantitative estimate of drug-likeness (QED) is 0.569. The lowest BCUT2D eigenvalue weighted by Crippen LogP contribution is -1.98. The number of rotatable bonds is 4. The zero-order valence-electron chi connectivity index (χ0n) is 14.1. The van der Waals surface area contributed by atoms with Gasteiger partial charge in [0.2, 0.25) is 0 Å². The van der Waals surface area contributed by atoms with E-state index in [1.165, 1.54) is 0 Å². The Hall–Kier alpha value is -3.68. The molecule has 0 atom stereocenters. The van der Waals surface area contributed by atoms with Gasteiger partial charge in [0.1, 0.15) is 5.75 Å². The topological polar surface area (TPSA) is 94.1 Å². The van der Waals surface area contributed by atoms with Gasteiger partial charge in [-0.05, 0) is 34.7 Å². The molecule has 0 amide bonds. The molecule has 0 aliphatic carbocycles. The van der Waals surface area contributed by atoms with Crippen molar-refractivity contribution in [3.63, 3.8) is 0 Å². The molecule has 0 bridgehead atoms. The number of tetrazole rings is 1. The van der Waals surface area contributed by atoms with E-state index in [0.717, 1.165) is 16.5 Å². The van der Waals surface area contributed by atoms with E-state index < -0.39 is 0 Å². The number of phenols is 1. The Balaban J connectivity index is 1.90. The summed E-state index contributed by atoms with van der Waals surface area (Å²) in [5.74, 6) is 1.37. The summed E-state index contributed by atoms with van der Waals surface area (Å²) in [7, 11) is 3.17. The average molecular weight is 349 g/mol. The van der Waals surface area contributed by atoms with Crippen LogP contribution in [0.25, 0.3) is 16.6 Å². The maximum atomic E-state index is 9.56. The van der Waals surface area contributed by atoms with Crippen molar-refractivity contribution in [3.05, 3.63) is 48.0 Å². The number of aromatic nitrogens is 4. The van der Waals surface area contributed by atoms with Crippen LogP contribution in [0.2, 0.25) is 0 Å². The fraction of sp³-hybridized carbons (Fsp3) is 0.111. The molecule has 4 rings (SSSR count). The van der Waals surface area contributed by atoms with E-state index >= 15 is 0 Å². The number of methoxy groups -OCH3 is 2. The van der Waals surface area contributed by atoms with Gasteiger partial charge in [0.05, 0.1) is 25.4 Å². The Morgan fingerprint density at radius 1 is 1.08 bits per heavy atom. The van der Waals surface area contributed by atoms with Crippen molar-refractivity contribution < 1.29 is 14.6 Å². The second kappa shape index (κ2) is 6.32. The first-order valence-electron chi connectivity index (χ1n) is 7.79. The van der Waals surface area contributed by atoms with Gasteiger partial charge in [-0.1, -0.05) is 6.07 Å². The maximum absolute atomic E-state index is 9.56. The van der Waals surface area contributed by atoms with E-state index in [1.54, 1.807) is 49.2 Å². The highest BCUT2D eigenvalue weighted by Gasteiger charge is 2.13. The van der Waals surface area contributed by atoms with Crippen LogP contribution in [-0.4, -0.2) is 45.6 Å². The van der Waals surface area contributed by atoms with Crippen LogP contribution in [-0.2, 0) is 0 Å². The van der Waals surface area contributed by atoms with Crippen LogP contribution in [0.1, 0.15) is 5.56 Å². The van der Waals surface area contributed by atoms with Crippen molar-refractivity contribution in [1.29, 1.82) is 0 Å². The minimum Gasteiger partial charge on any atom is -0.508 e. The Morgan fingerprint density at radius 3 is 2.65 bits per heavy atom. The van der Waals surface area contributed by atoms with Gasteiger partial charge in [-0.15, -0.1) is 5.10 Å². The molecule has 0 saturated carbocycles. The van der Waals surface area contributed by atoms with Crippen LogP contribution in [0.5, 0.6) is 17.2 Å². The third-order valence-corrected chi connectivity index (χ3v) is 3.98. The lowest BCUT2D eigenvalue weighted by molar-refractivity contribution is 0.355. The van der Waals surface area contributed by atoms with Crippen molar-refractivity contribution in [2.75, 3.05) is 14.2 Å². The molecule has 130 valence electrons. The number of aliphatic imine (C=N–C) groups is 1. The number of pyridine rings is 1. The molecule has 2 aromatic carbocycles. The number of ether oxygens (including phenoxy) is 2. The number of hydrogen-bond donors (Lipinski definition) is 1. The highest BCUT2D eigenvalue weighted by Crippen LogP contribution is 2.32. The summed E-state index contributed by atoms with van der Waals surface area (Å²) < 4.78 is 12.4. The Bertz CT molecular complexity index is 1140. The molecule has 0 saturated heterocycles.